The summed E-state index contributed by atoms with van der Waals surface area (Å²) >= 11 is 1.85. The summed E-state index contributed by atoms with van der Waals surface area (Å²) in [6.07, 6.45) is 2.74. The van der Waals surface area contributed by atoms with Crippen molar-refractivity contribution in [3.8, 4) is 0 Å². The Labute approximate surface area is 108 Å². The van der Waals surface area contributed by atoms with Gasteiger partial charge in [-0.05, 0) is 42.7 Å². The summed E-state index contributed by atoms with van der Waals surface area (Å²) in [7, 11) is 0. The molecular formula is C14H23NOS. The summed E-state index contributed by atoms with van der Waals surface area (Å²) in [5.41, 5.74) is 1.41. The fourth-order valence-corrected chi connectivity index (χ4v) is 3.16. The van der Waals surface area contributed by atoms with Crippen LogP contribution in [0.1, 0.15) is 37.1 Å². The van der Waals surface area contributed by atoms with Crippen molar-refractivity contribution < 1.29 is 4.74 Å². The Morgan fingerprint density at radius 3 is 3.00 bits per heavy atom. The molecule has 2 rings (SSSR count). The van der Waals surface area contributed by atoms with E-state index >= 15 is 0 Å². The number of rotatable bonds is 4. The van der Waals surface area contributed by atoms with Gasteiger partial charge in [0.1, 0.15) is 0 Å². The van der Waals surface area contributed by atoms with Gasteiger partial charge in [0.2, 0.25) is 0 Å². The molecule has 2 heterocycles. The molecule has 2 nitrogen and oxygen atoms in total. The van der Waals surface area contributed by atoms with Gasteiger partial charge in [0.25, 0.3) is 0 Å². The smallest absolute Gasteiger partial charge is 0.0612 e. The highest BCUT2D eigenvalue weighted by atomic mass is 32.1. The zero-order valence-corrected chi connectivity index (χ0v) is 11.8. The fourth-order valence-electron chi connectivity index (χ4n) is 2.30. The number of hydrogen-bond donors (Lipinski definition) is 1. The lowest BCUT2D eigenvalue weighted by molar-refractivity contribution is -0.0245. The van der Waals surface area contributed by atoms with Gasteiger partial charge >= 0.3 is 0 Å². The number of aryl methyl sites for hydroxylation is 1. The van der Waals surface area contributed by atoms with Crippen molar-refractivity contribution in [2.45, 2.75) is 52.3 Å². The monoisotopic (exact) mass is 253 g/mol. The highest BCUT2D eigenvalue weighted by Crippen LogP contribution is 2.21. The molecule has 0 saturated carbocycles. The average Bonchev–Trinajstić information content (AvgIpc) is 2.72. The minimum absolute atomic E-state index is 0.436. The molecule has 1 fully saturated rings. The Balaban J connectivity index is 1.81. The van der Waals surface area contributed by atoms with Crippen molar-refractivity contribution in [2.75, 3.05) is 6.61 Å². The molecule has 2 atom stereocenters. The van der Waals surface area contributed by atoms with Crippen molar-refractivity contribution in [3.63, 3.8) is 0 Å². The number of hydrogen-bond acceptors (Lipinski definition) is 3. The lowest BCUT2D eigenvalue weighted by atomic mass is 9.95. The first-order valence-electron chi connectivity index (χ1n) is 6.54. The largest absolute Gasteiger partial charge is 0.378 e. The van der Waals surface area contributed by atoms with E-state index in [0.717, 1.165) is 26.0 Å². The van der Waals surface area contributed by atoms with E-state index in [1.165, 1.54) is 10.4 Å². The summed E-state index contributed by atoms with van der Waals surface area (Å²) in [6, 6.07) is 2.82. The maximum atomic E-state index is 5.79. The summed E-state index contributed by atoms with van der Waals surface area (Å²) < 4.78 is 5.79. The number of thiophene rings is 1. The molecule has 0 amide bonds. The van der Waals surface area contributed by atoms with Gasteiger partial charge in [-0.25, -0.2) is 0 Å². The molecule has 1 saturated heterocycles. The van der Waals surface area contributed by atoms with E-state index in [2.05, 4.69) is 37.5 Å². The van der Waals surface area contributed by atoms with E-state index in [1.807, 2.05) is 11.3 Å². The summed E-state index contributed by atoms with van der Waals surface area (Å²) in [5, 5.41) is 5.85. The van der Waals surface area contributed by atoms with Gasteiger partial charge in [-0.3, -0.25) is 0 Å². The molecule has 0 bridgehead atoms. The van der Waals surface area contributed by atoms with Crippen LogP contribution in [0.2, 0.25) is 0 Å². The molecule has 3 heteroatoms. The van der Waals surface area contributed by atoms with E-state index in [4.69, 9.17) is 4.74 Å². The summed E-state index contributed by atoms with van der Waals surface area (Å²) in [6.45, 7) is 8.60. The maximum absolute atomic E-state index is 5.79. The molecule has 1 aliphatic rings. The third-order valence-corrected chi connectivity index (χ3v) is 4.60. The lowest BCUT2D eigenvalue weighted by Crippen LogP contribution is -2.40. The number of ether oxygens (including phenoxy) is 1. The second-order valence-corrected chi connectivity index (χ2v) is 6.28. The summed E-state index contributed by atoms with van der Waals surface area (Å²) in [5.74, 6) is 0.628. The third kappa shape index (κ3) is 3.54. The molecule has 0 aromatic carbocycles. The van der Waals surface area contributed by atoms with Crippen LogP contribution in [0.25, 0.3) is 0 Å². The fraction of sp³-hybridized carbons (Fsp3) is 0.714. The molecule has 1 aromatic rings. The van der Waals surface area contributed by atoms with Crippen LogP contribution in [-0.4, -0.2) is 18.8 Å². The average molecular weight is 253 g/mol. The quantitative estimate of drug-likeness (QED) is 0.888. The van der Waals surface area contributed by atoms with E-state index in [-0.39, 0.29) is 0 Å². The molecule has 17 heavy (non-hydrogen) atoms. The molecule has 0 spiro atoms. The Morgan fingerprint density at radius 1 is 1.53 bits per heavy atom. The highest BCUT2D eigenvalue weighted by Gasteiger charge is 2.24. The van der Waals surface area contributed by atoms with Gasteiger partial charge in [-0.1, -0.05) is 13.8 Å². The van der Waals surface area contributed by atoms with Crippen LogP contribution in [0.4, 0.5) is 0 Å². The lowest BCUT2D eigenvalue weighted by Gasteiger charge is -2.32. The van der Waals surface area contributed by atoms with Crippen LogP contribution in [-0.2, 0) is 11.3 Å². The molecule has 1 N–H and O–H groups in total. The van der Waals surface area contributed by atoms with Crippen LogP contribution in [0.3, 0.4) is 0 Å². The van der Waals surface area contributed by atoms with Gasteiger partial charge in [0, 0.05) is 24.1 Å². The topological polar surface area (TPSA) is 21.3 Å². The van der Waals surface area contributed by atoms with E-state index in [1.54, 1.807) is 0 Å². The molecule has 1 aliphatic heterocycles. The SMILES string of the molecule is Cc1ccsc1CNC1CCOC(C(C)C)C1. The van der Waals surface area contributed by atoms with E-state index in [9.17, 15) is 0 Å². The van der Waals surface area contributed by atoms with Crippen molar-refractivity contribution in [2.24, 2.45) is 5.92 Å². The zero-order valence-electron chi connectivity index (χ0n) is 11.0. The first-order chi connectivity index (χ1) is 8.16. The normalized spacial score (nSPS) is 25.4. The van der Waals surface area contributed by atoms with Gasteiger partial charge in [0.15, 0.2) is 0 Å². The Bertz CT molecular complexity index is 348. The van der Waals surface area contributed by atoms with Crippen LogP contribution < -0.4 is 5.32 Å². The first kappa shape index (κ1) is 13.1. The zero-order chi connectivity index (χ0) is 12.3. The van der Waals surface area contributed by atoms with Crippen molar-refractivity contribution >= 4 is 11.3 Å². The number of nitrogens with one attached hydrogen (secondary N) is 1. The van der Waals surface area contributed by atoms with Gasteiger partial charge in [0.05, 0.1) is 6.10 Å². The Morgan fingerprint density at radius 2 is 2.35 bits per heavy atom. The molecule has 2 unspecified atom stereocenters. The van der Waals surface area contributed by atoms with E-state index in [0.29, 0.717) is 18.1 Å². The second kappa shape index (κ2) is 5.98. The van der Waals surface area contributed by atoms with Crippen LogP contribution in [0.5, 0.6) is 0 Å². The predicted molar refractivity (Wildman–Crippen MR) is 73.5 cm³/mol. The van der Waals surface area contributed by atoms with Gasteiger partial charge in [-0.15, -0.1) is 11.3 Å². The standard InChI is InChI=1S/C14H23NOS/c1-10(2)13-8-12(4-6-16-13)15-9-14-11(3)5-7-17-14/h5,7,10,12-13,15H,4,6,8-9H2,1-3H3. The molecular weight excluding hydrogens is 230 g/mol. The van der Waals surface area contributed by atoms with Crippen molar-refractivity contribution in [3.05, 3.63) is 21.9 Å². The Hall–Kier alpha value is -0.380. The van der Waals surface area contributed by atoms with Crippen molar-refractivity contribution in [1.82, 2.24) is 5.32 Å². The van der Waals surface area contributed by atoms with Crippen LogP contribution in [0.15, 0.2) is 11.4 Å². The van der Waals surface area contributed by atoms with Crippen LogP contribution in [0, 0.1) is 12.8 Å². The van der Waals surface area contributed by atoms with Crippen LogP contribution >= 0.6 is 11.3 Å². The molecule has 0 aliphatic carbocycles. The van der Waals surface area contributed by atoms with Crippen molar-refractivity contribution in [1.29, 1.82) is 0 Å². The first-order valence-corrected chi connectivity index (χ1v) is 7.42. The minimum Gasteiger partial charge on any atom is -0.378 e. The third-order valence-electron chi connectivity index (χ3n) is 3.58. The molecule has 0 radical (unpaired) electrons. The predicted octanol–water partition coefficient (Wildman–Crippen LogP) is 3.35. The highest BCUT2D eigenvalue weighted by molar-refractivity contribution is 7.10. The Kier molecular flexibility index (Phi) is 4.60. The second-order valence-electron chi connectivity index (χ2n) is 5.28. The molecule has 1 aromatic heterocycles. The summed E-state index contributed by atoms with van der Waals surface area (Å²) in [4.78, 5) is 1.47. The molecule has 96 valence electrons. The van der Waals surface area contributed by atoms with Gasteiger partial charge in [-0.2, -0.15) is 0 Å². The van der Waals surface area contributed by atoms with E-state index < -0.39 is 0 Å². The maximum Gasteiger partial charge on any atom is 0.0612 e. The van der Waals surface area contributed by atoms with Gasteiger partial charge < -0.3 is 10.1 Å². The minimum atomic E-state index is 0.436.